The lowest BCUT2D eigenvalue weighted by molar-refractivity contribution is -0.183. The summed E-state index contributed by atoms with van der Waals surface area (Å²) < 4.78 is 37.4. The number of amides is 2. The topological polar surface area (TPSA) is 69.6 Å². The Morgan fingerprint density at radius 2 is 1.95 bits per heavy atom. The summed E-state index contributed by atoms with van der Waals surface area (Å²) in [4.78, 5) is 23.7. The highest BCUT2D eigenvalue weighted by molar-refractivity contribution is 5.82. The van der Waals surface area contributed by atoms with Crippen LogP contribution < -0.4 is 5.32 Å². The second-order valence-corrected chi connectivity index (χ2v) is 4.55. The Bertz CT molecular complexity index is 409. The highest BCUT2D eigenvalue weighted by Gasteiger charge is 2.41. The van der Waals surface area contributed by atoms with Gasteiger partial charge in [-0.05, 0) is 12.8 Å². The van der Waals surface area contributed by atoms with Crippen molar-refractivity contribution < 1.29 is 27.9 Å². The van der Waals surface area contributed by atoms with E-state index in [9.17, 15) is 22.8 Å². The second-order valence-electron chi connectivity index (χ2n) is 4.55. The van der Waals surface area contributed by atoms with Gasteiger partial charge in [-0.3, -0.25) is 0 Å². The molecule has 1 aliphatic rings. The number of rotatable bonds is 3. The van der Waals surface area contributed by atoms with E-state index in [0.717, 1.165) is 0 Å². The van der Waals surface area contributed by atoms with Crippen molar-refractivity contribution in [1.29, 1.82) is 0 Å². The first kappa shape index (κ1) is 16.1. The average molecular weight is 292 g/mol. The van der Waals surface area contributed by atoms with Gasteiger partial charge in [-0.2, -0.15) is 13.2 Å². The summed E-state index contributed by atoms with van der Waals surface area (Å²) in [6, 6.07) is -1.93. The lowest BCUT2D eigenvalue weighted by atomic mass is 9.96. The Morgan fingerprint density at radius 3 is 2.35 bits per heavy atom. The summed E-state index contributed by atoms with van der Waals surface area (Å²) >= 11 is 0. The summed E-state index contributed by atoms with van der Waals surface area (Å²) in [6.45, 7) is -0.114. The second kappa shape index (κ2) is 6.50. The molecule has 0 saturated carbocycles. The average Bonchev–Trinajstić information content (AvgIpc) is 2.37. The number of carbonyl (C=O) groups is 2. The molecule has 1 saturated heterocycles. The fourth-order valence-electron chi connectivity index (χ4n) is 1.97. The molecule has 1 unspecified atom stereocenters. The highest BCUT2D eigenvalue weighted by atomic mass is 19.4. The molecule has 0 aromatic heterocycles. The van der Waals surface area contributed by atoms with Crippen molar-refractivity contribution in [3.8, 4) is 12.3 Å². The molecule has 1 aliphatic heterocycles. The predicted molar refractivity (Wildman–Crippen MR) is 63.8 cm³/mol. The van der Waals surface area contributed by atoms with Crippen LogP contribution in [0.4, 0.5) is 18.0 Å². The third-order valence-electron chi connectivity index (χ3n) is 3.16. The van der Waals surface area contributed by atoms with E-state index in [-0.39, 0.29) is 32.4 Å². The minimum absolute atomic E-state index is 0.0571. The van der Waals surface area contributed by atoms with Crippen LogP contribution >= 0.6 is 0 Å². The minimum atomic E-state index is -4.25. The van der Waals surface area contributed by atoms with Crippen LogP contribution in [0.25, 0.3) is 0 Å². The molecule has 8 heteroatoms. The maximum atomic E-state index is 12.5. The van der Waals surface area contributed by atoms with Gasteiger partial charge in [0.2, 0.25) is 0 Å². The molecule has 0 radical (unpaired) electrons. The molecular weight excluding hydrogens is 277 g/mol. The number of urea groups is 1. The number of alkyl halides is 3. The van der Waals surface area contributed by atoms with Gasteiger partial charge in [-0.25, -0.2) is 9.59 Å². The summed E-state index contributed by atoms with van der Waals surface area (Å²) in [7, 11) is 0. The Kier molecular flexibility index (Phi) is 5.25. The van der Waals surface area contributed by atoms with Gasteiger partial charge in [-0.15, -0.1) is 12.3 Å². The number of halogens is 3. The number of nitrogens with one attached hydrogen (secondary N) is 1. The van der Waals surface area contributed by atoms with Gasteiger partial charge in [0.25, 0.3) is 0 Å². The maximum absolute atomic E-state index is 12.5. The van der Waals surface area contributed by atoms with Crippen molar-refractivity contribution in [1.82, 2.24) is 10.2 Å². The van der Waals surface area contributed by atoms with E-state index in [0.29, 0.717) is 0 Å². The zero-order valence-corrected chi connectivity index (χ0v) is 10.6. The van der Waals surface area contributed by atoms with E-state index in [1.54, 1.807) is 0 Å². The molecule has 20 heavy (non-hydrogen) atoms. The minimum Gasteiger partial charge on any atom is -0.480 e. The molecule has 5 nitrogen and oxygen atoms in total. The van der Waals surface area contributed by atoms with Crippen LogP contribution in [-0.4, -0.2) is 47.3 Å². The Hall–Kier alpha value is -1.91. The first-order chi connectivity index (χ1) is 9.25. The first-order valence-electron chi connectivity index (χ1n) is 6.04. The van der Waals surface area contributed by atoms with E-state index >= 15 is 0 Å². The summed E-state index contributed by atoms with van der Waals surface area (Å²) in [5, 5.41) is 11.0. The number of carboxylic acid groups (broad SMARTS) is 1. The number of hydrogen-bond acceptors (Lipinski definition) is 2. The number of terminal acetylenes is 1. The quantitative estimate of drug-likeness (QED) is 0.773. The van der Waals surface area contributed by atoms with Crippen molar-refractivity contribution in [3.05, 3.63) is 0 Å². The smallest absolute Gasteiger partial charge is 0.391 e. The van der Waals surface area contributed by atoms with Crippen molar-refractivity contribution in [2.24, 2.45) is 5.92 Å². The number of piperidine rings is 1. The molecule has 0 spiro atoms. The molecule has 0 aliphatic carbocycles. The Labute approximate surface area is 114 Å². The zero-order valence-electron chi connectivity index (χ0n) is 10.6. The molecule has 112 valence electrons. The molecule has 1 heterocycles. The van der Waals surface area contributed by atoms with E-state index in [4.69, 9.17) is 11.5 Å². The predicted octanol–water partition coefficient (Wildman–Crippen LogP) is 1.45. The van der Waals surface area contributed by atoms with E-state index in [2.05, 4.69) is 11.2 Å². The van der Waals surface area contributed by atoms with Gasteiger partial charge in [0.15, 0.2) is 0 Å². The number of carbonyl (C=O) groups excluding carboxylic acids is 1. The molecule has 1 rings (SSSR count). The molecule has 2 amide bonds. The summed E-state index contributed by atoms with van der Waals surface area (Å²) in [5.41, 5.74) is 0. The van der Waals surface area contributed by atoms with Gasteiger partial charge in [0, 0.05) is 19.5 Å². The maximum Gasteiger partial charge on any atom is 0.391 e. The highest BCUT2D eigenvalue weighted by Crippen LogP contribution is 2.34. The van der Waals surface area contributed by atoms with Crippen LogP contribution in [-0.2, 0) is 4.79 Å². The molecular formula is C12H15F3N2O3. The number of nitrogens with zero attached hydrogens (tertiary/aromatic N) is 1. The molecule has 0 aromatic carbocycles. The van der Waals surface area contributed by atoms with Crippen molar-refractivity contribution >= 4 is 12.0 Å². The number of hydrogen-bond donors (Lipinski definition) is 2. The van der Waals surface area contributed by atoms with Crippen LogP contribution in [0.5, 0.6) is 0 Å². The molecule has 1 atom stereocenters. The lowest BCUT2D eigenvalue weighted by Crippen LogP contribution is -2.51. The van der Waals surface area contributed by atoms with Crippen LogP contribution in [0.3, 0.4) is 0 Å². The first-order valence-corrected chi connectivity index (χ1v) is 6.04. The number of likely N-dealkylation sites (tertiary alicyclic amines) is 1. The molecule has 2 N–H and O–H groups in total. The zero-order chi connectivity index (χ0) is 15.3. The van der Waals surface area contributed by atoms with Gasteiger partial charge in [-0.1, -0.05) is 0 Å². The van der Waals surface area contributed by atoms with Crippen LogP contribution in [0.2, 0.25) is 0 Å². The normalized spacial score (nSPS) is 18.2. The van der Waals surface area contributed by atoms with Gasteiger partial charge < -0.3 is 15.3 Å². The number of aliphatic carboxylic acids is 1. The van der Waals surface area contributed by atoms with Crippen LogP contribution in [0.1, 0.15) is 19.3 Å². The standard InChI is InChI=1S/C12H15F3N2O3/c1-2-3-9(10(18)19)16-11(20)17-6-4-8(5-7-17)12(13,14)15/h1,8-9H,3-7H2,(H,16,20)(H,18,19). The summed E-state index contributed by atoms with van der Waals surface area (Å²) in [6.07, 6.45) is 0.196. The third kappa shape index (κ3) is 4.33. The Morgan fingerprint density at radius 1 is 1.40 bits per heavy atom. The fraction of sp³-hybridized carbons (Fsp3) is 0.667. The van der Waals surface area contributed by atoms with Crippen LogP contribution in [0.15, 0.2) is 0 Å². The van der Waals surface area contributed by atoms with E-state index < -0.39 is 30.1 Å². The van der Waals surface area contributed by atoms with Gasteiger partial charge in [0.05, 0.1) is 5.92 Å². The lowest BCUT2D eigenvalue weighted by Gasteiger charge is -2.33. The molecule has 0 bridgehead atoms. The van der Waals surface area contributed by atoms with E-state index in [1.165, 1.54) is 4.90 Å². The van der Waals surface area contributed by atoms with Crippen LogP contribution in [0, 0.1) is 18.3 Å². The largest absolute Gasteiger partial charge is 0.480 e. The Balaban J connectivity index is 2.51. The monoisotopic (exact) mass is 292 g/mol. The van der Waals surface area contributed by atoms with Gasteiger partial charge >= 0.3 is 18.2 Å². The van der Waals surface area contributed by atoms with Crippen molar-refractivity contribution in [2.75, 3.05) is 13.1 Å². The molecule has 1 fully saturated rings. The molecule has 0 aromatic rings. The summed E-state index contributed by atoms with van der Waals surface area (Å²) in [5.74, 6) is -0.565. The van der Waals surface area contributed by atoms with E-state index in [1.807, 2.05) is 0 Å². The fourth-order valence-corrected chi connectivity index (χ4v) is 1.97. The third-order valence-corrected chi connectivity index (χ3v) is 3.16. The van der Waals surface area contributed by atoms with Crippen molar-refractivity contribution in [2.45, 2.75) is 31.5 Å². The van der Waals surface area contributed by atoms with Crippen molar-refractivity contribution in [3.63, 3.8) is 0 Å². The number of carboxylic acids is 1. The SMILES string of the molecule is C#CCC(NC(=O)N1CCC(C(F)(F)F)CC1)C(=O)O. The van der Waals surface area contributed by atoms with Gasteiger partial charge in [0.1, 0.15) is 6.04 Å².